The largest absolute Gasteiger partial charge is 0.368 e. The van der Waals surface area contributed by atoms with E-state index in [9.17, 15) is 5.11 Å². The van der Waals surface area contributed by atoms with Gasteiger partial charge in [-0.15, -0.1) is 11.8 Å². The van der Waals surface area contributed by atoms with E-state index >= 15 is 0 Å². The third-order valence-electron chi connectivity index (χ3n) is 7.39. The zero-order chi connectivity index (χ0) is 23.0. The molecule has 9 atom stereocenters. The van der Waals surface area contributed by atoms with Crippen molar-refractivity contribution in [3.8, 4) is 11.8 Å². The predicted octanol–water partition coefficient (Wildman–Crippen LogP) is 4.55. The molecule has 4 rings (SSSR count). The van der Waals surface area contributed by atoms with E-state index in [4.69, 9.17) is 23.7 Å². The van der Waals surface area contributed by atoms with Gasteiger partial charge in [-0.3, -0.25) is 0 Å². The third kappa shape index (κ3) is 7.04. The fraction of sp³-hybridized carbons (Fsp3) is 0.852. The minimum atomic E-state index is -0.672. The number of fused-ring (bicyclic) bond motifs is 1. The second-order valence-corrected chi connectivity index (χ2v) is 9.98. The van der Waals surface area contributed by atoms with Gasteiger partial charge in [0.2, 0.25) is 0 Å². The van der Waals surface area contributed by atoms with Crippen LogP contribution >= 0.6 is 0 Å². The zero-order valence-electron chi connectivity index (χ0n) is 20.3. The molecule has 0 amide bonds. The lowest BCUT2D eigenvalue weighted by Crippen LogP contribution is -2.32. The van der Waals surface area contributed by atoms with Crippen molar-refractivity contribution >= 4 is 0 Å². The van der Waals surface area contributed by atoms with Gasteiger partial charge in [-0.25, -0.2) is 0 Å². The molecule has 33 heavy (non-hydrogen) atoms. The Morgan fingerprint density at radius 2 is 1.79 bits per heavy atom. The fourth-order valence-electron chi connectivity index (χ4n) is 5.54. The van der Waals surface area contributed by atoms with Crippen LogP contribution in [0.5, 0.6) is 0 Å². The molecule has 0 bridgehead atoms. The van der Waals surface area contributed by atoms with Gasteiger partial charge in [-0.05, 0) is 50.4 Å². The van der Waals surface area contributed by atoms with E-state index in [1.54, 1.807) is 0 Å². The summed E-state index contributed by atoms with van der Waals surface area (Å²) in [5.41, 5.74) is 0. The molecule has 6 heteroatoms. The lowest BCUT2D eigenvalue weighted by Gasteiger charge is -2.31. The van der Waals surface area contributed by atoms with E-state index in [-0.39, 0.29) is 48.6 Å². The molecule has 3 saturated heterocycles. The second-order valence-electron chi connectivity index (χ2n) is 9.98. The second kappa shape index (κ2) is 12.7. The highest BCUT2D eigenvalue weighted by Crippen LogP contribution is 2.45. The molecule has 0 aromatic carbocycles. The summed E-state index contributed by atoms with van der Waals surface area (Å²) in [6, 6.07) is 0. The topological polar surface area (TPSA) is 66.4 Å². The van der Waals surface area contributed by atoms with Crippen LogP contribution in [0.25, 0.3) is 0 Å². The maximum absolute atomic E-state index is 10.1. The summed E-state index contributed by atoms with van der Waals surface area (Å²) in [7, 11) is 0. The lowest BCUT2D eigenvalue weighted by molar-refractivity contribution is -0.196. The highest BCUT2D eigenvalue weighted by Gasteiger charge is 2.49. The summed E-state index contributed by atoms with van der Waals surface area (Å²) in [6.07, 6.45) is 13.0. The highest BCUT2D eigenvalue weighted by atomic mass is 16.7. The molecule has 0 spiro atoms. The molecule has 1 N–H and O–H groups in total. The first-order valence-corrected chi connectivity index (χ1v) is 13.2. The van der Waals surface area contributed by atoms with Gasteiger partial charge >= 0.3 is 0 Å². The number of hydrogen-bond donors (Lipinski definition) is 1. The molecule has 3 aliphatic heterocycles. The summed E-state index contributed by atoms with van der Waals surface area (Å²) in [4.78, 5) is 0. The molecular weight excluding hydrogens is 420 g/mol. The van der Waals surface area contributed by atoms with Crippen molar-refractivity contribution in [3.63, 3.8) is 0 Å². The van der Waals surface area contributed by atoms with Crippen molar-refractivity contribution in [2.75, 3.05) is 13.2 Å². The Kier molecular flexibility index (Phi) is 9.66. The van der Waals surface area contributed by atoms with Gasteiger partial charge in [0.25, 0.3) is 0 Å². The van der Waals surface area contributed by atoms with Crippen molar-refractivity contribution in [1.29, 1.82) is 0 Å². The Morgan fingerprint density at radius 3 is 2.48 bits per heavy atom. The summed E-state index contributed by atoms with van der Waals surface area (Å²) < 4.78 is 30.4. The van der Waals surface area contributed by atoms with Crippen LogP contribution in [0.4, 0.5) is 0 Å². The van der Waals surface area contributed by atoms with Crippen LogP contribution in [0.3, 0.4) is 0 Å². The number of rotatable bonds is 8. The number of aliphatic hydroxyl groups excluding tert-OH is 1. The quantitative estimate of drug-likeness (QED) is 0.422. The molecule has 0 aromatic rings. The van der Waals surface area contributed by atoms with Gasteiger partial charge in [0, 0.05) is 44.8 Å². The minimum Gasteiger partial charge on any atom is -0.368 e. The first-order chi connectivity index (χ1) is 16.1. The van der Waals surface area contributed by atoms with E-state index < -0.39 is 6.29 Å². The zero-order valence-corrected chi connectivity index (χ0v) is 20.3. The smallest absolute Gasteiger partial charge is 0.158 e. The number of ether oxygens (including phenoxy) is 5. The van der Waals surface area contributed by atoms with Gasteiger partial charge in [-0.2, -0.15) is 0 Å². The van der Waals surface area contributed by atoms with Crippen LogP contribution in [0.2, 0.25) is 0 Å². The first-order valence-electron chi connectivity index (χ1n) is 13.2. The maximum atomic E-state index is 10.1. The Labute approximate surface area is 199 Å². The van der Waals surface area contributed by atoms with Crippen LogP contribution in [0, 0.1) is 29.6 Å². The van der Waals surface area contributed by atoms with Gasteiger partial charge in [0.15, 0.2) is 18.9 Å². The average Bonchev–Trinajstić information content (AvgIpc) is 3.33. The van der Waals surface area contributed by atoms with E-state index in [1.807, 2.05) is 0 Å². The Balaban J connectivity index is 1.46. The molecular formula is C27H42O6. The summed E-state index contributed by atoms with van der Waals surface area (Å²) in [6.45, 7) is 5.82. The molecule has 0 radical (unpaired) electrons. The first kappa shape index (κ1) is 25.2. The highest BCUT2D eigenvalue weighted by molar-refractivity contribution is 5.09. The Morgan fingerprint density at radius 1 is 1.03 bits per heavy atom. The predicted molar refractivity (Wildman–Crippen MR) is 125 cm³/mol. The van der Waals surface area contributed by atoms with Crippen molar-refractivity contribution in [2.45, 2.75) is 115 Å². The molecule has 4 fully saturated rings. The summed E-state index contributed by atoms with van der Waals surface area (Å²) >= 11 is 0. The molecule has 4 aliphatic rings. The molecule has 1 saturated carbocycles. The van der Waals surface area contributed by atoms with Crippen LogP contribution in [-0.4, -0.2) is 55.5 Å². The van der Waals surface area contributed by atoms with Crippen molar-refractivity contribution in [3.05, 3.63) is 12.2 Å². The SMILES string of the molecule is CCC#CCC(C)[C@@H](C=C[C@@H]1[C@H]2CC(O)O[C@H]2C[C@H]1OC1CCCCO1)OC1CCCCO1. The fourth-order valence-corrected chi connectivity index (χ4v) is 5.54. The Bertz CT molecular complexity index is 672. The van der Waals surface area contributed by atoms with Gasteiger partial charge in [0.1, 0.15) is 0 Å². The third-order valence-corrected chi connectivity index (χ3v) is 7.39. The van der Waals surface area contributed by atoms with Crippen LogP contribution < -0.4 is 0 Å². The van der Waals surface area contributed by atoms with Gasteiger partial charge < -0.3 is 28.8 Å². The molecule has 186 valence electrons. The van der Waals surface area contributed by atoms with Crippen LogP contribution in [0.1, 0.15) is 78.1 Å². The van der Waals surface area contributed by atoms with Crippen LogP contribution in [-0.2, 0) is 23.7 Å². The summed E-state index contributed by atoms with van der Waals surface area (Å²) in [5, 5.41) is 10.1. The molecule has 6 nitrogen and oxygen atoms in total. The van der Waals surface area contributed by atoms with E-state index in [0.29, 0.717) is 6.42 Å². The summed E-state index contributed by atoms with van der Waals surface area (Å²) in [5.74, 6) is 7.16. The van der Waals surface area contributed by atoms with Crippen LogP contribution in [0.15, 0.2) is 12.2 Å². The molecule has 3 heterocycles. The van der Waals surface area contributed by atoms with E-state index in [0.717, 1.165) is 71.0 Å². The van der Waals surface area contributed by atoms with Gasteiger partial charge in [-0.1, -0.05) is 26.0 Å². The Hall–Kier alpha value is -0.940. The monoisotopic (exact) mass is 462 g/mol. The minimum absolute atomic E-state index is 0.0358. The van der Waals surface area contributed by atoms with Crippen molar-refractivity contribution < 1.29 is 28.8 Å². The van der Waals surface area contributed by atoms with E-state index in [1.165, 1.54) is 0 Å². The molecule has 4 unspecified atom stereocenters. The normalized spacial score (nSPS) is 38.6. The molecule has 1 aliphatic carbocycles. The van der Waals surface area contributed by atoms with Crippen molar-refractivity contribution in [2.24, 2.45) is 17.8 Å². The van der Waals surface area contributed by atoms with Gasteiger partial charge in [0.05, 0.1) is 18.3 Å². The standard InChI is InChI=1S/C27H42O6/c1-3-4-5-10-19(2)22(32-26-11-6-8-15-29-26)14-13-20-21-17-25(28)31-24(21)18-23(20)33-27-12-7-9-16-30-27/h13-14,19-28H,3,6-12,15-18H2,1-2H3/t19?,20-,21-,22-,23-,24+,25?,26?,27?/m1/s1. The number of aliphatic hydroxyl groups is 1. The average molecular weight is 463 g/mol. The van der Waals surface area contributed by atoms with Crippen molar-refractivity contribution in [1.82, 2.24) is 0 Å². The lowest BCUT2D eigenvalue weighted by atomic mass is 9.90. The van der Waals surface area contributed by atoms with E-state index in [2.05, 4.69) is 37.8 Å². The number of hydrogen-bond acceptors (Lipinski definition) is 6. The molecule has 0 aromatic heterocycles. The maximum Gasteiger partial charge on any atom is 0.158 e.